The fourth-order valence-electron chi connectivity index (χ4n) is 1.99. The summed E-state index contributed by atoms with van der Waals surface area (Å²) >= 11 is 6.13. The minimum absolute atomic E-state index is 0. The van der Waals surface area contributed by atoms with E-state index in [1.165, 1.54) is 0 Å². The first-order valence-electron chi connectivity index (χ1n) is 6.52. The molecule has 0 atom stereocenters. The number of unbranched alkanes of at least 4 members (excludes halogenated alkanes) is 1. The normalized spacial score (nSPS) is 10.2. The van der Waals surface area contributed by atoms with Crippen molar-refractivity contribution in [1.29, 1.82) is 0 Å². The number of rotatable bonds is 6. The van der Waals surface area contributed by atoms with E-state index >= 15 is 0 Å². The molecule has 20 heavy (non-hydrogen) atoms. The van der Waals surface area contributed by atoms with Crippen molar-refractivity contribution in [2.45, 2.75) is 33.2 Å². The third kappa shape index (κ3) is 4.73. The van der Waals surface area contributed by atoms with Crippen LogP contribution in [-0.4, -0.2) is 16.2 Å². The first-order chi connectivity index (χ1) is 9.16. The molecule has 0 saturated heterocycles. The van der Waals surface area contributed by atoms with E-state index in [-0.39, 0.29) is 12.4 Å². The maximum Gasteiger partial charge on any atom is 0.119 e. The van der Waals surface area contributed by atoms with Crippen LogP contribution in [0.1, 0.15) is 24.0 Å². The molecule has 2 aromatic rings. The lowest BCUT2D eigenvalue weighted by atomic mass is 10.1. The molecule has 0 fully saturated rings. The summed E-state index contributed by atoms with van der Waals surface area (Å²) in [4.78, 5) is 4.02. The molecular weight excluding hydrogens is 295 g/mol. The maximum atomic E-state index is 6.13. The van der Waals surface area contributed by atoms with Crippen LogP contribution in [0.2, 0.25) is 5.02 Å². The minimum Gasteiger partial charge on any atom is -1.00 e. The minimum atomic E-state index is 0. The Balaban J connectivity index is 0.00000200. The Bertz CT molecular complexity index is 504. The van der Waals surface area contributed by atoms with E-state index in [1.807, 2.05) is 38.5 Å². The number of hydrogen-bond donors (Lipinski definition) is 0. The Kier molecular flexibility index (Phi) is 6.89. The number of aryl methyl sites for hydroxylation is 3. The van der Waals surface area contributed by atoms with E-state index in [2.05, 4.69) is 9.55 Å². The van der Waals surface area contributed by atoms with Crippen LogP contribution < -0.4 is 17.1 Å². The monoisotopic (exact) mass is 313 g/mol. The van der Waals surface area contributed by atoms with Gasteiger partial charge in [0.25, 0.3) is 0 Å². The lowest BCUT2D eigenvalue weighted by molar-refractivity contribution is -0.00000456. The average molecular weight is 314 g/mol. The summed E-state index contributed by atoms with van der Waals surface area (Å²) < 4.78 is 7.84. The zero-order chi connectivity index (χ0) is 13.7. The fraction of sp³-hybridized carbons (Fsp3) is 0.400. The fourth-order valence-corrected chi connectivity index (χ4v) is 2.10. The summed E-state index contributed by atoms with van der Waals surface area (Å²) in [6.07, 6.45) is 7.73. The van der Waals surface area contributed by atoms with Gasteiger partial charge >= 0.3 is 0 Å². The smallest absolute Gasteiger partial charge is 0.119 e. The second kappa shape index (κ2) is 8.18. The molecule has 0 aliphatic heterocycles. The zero-order valence-corrected chi connectivity index (χ0v) is 13.3. The standard InChI is InChI=1S/C15H19ClN2O.ClH/c1-12-9-14(10-13(2)15(12)16)19-8-4-3-6-18-7-5-17-11-18;/h5,7,9-11H,3-4,6,8H2,1-2H3;1H/p-1. The highest BCUT2D eigenvalue weighted by Gasteiger charge is 2.03. The molecule has 0 amide bonds. The molecule has 0 N–H and O–H groups in total. The van der Waals surface area contributed by atoms with Crippen LogP contribution in [-0.2, 0) is 6.54 Å². The van der Waals surface area contributed by atoms with Crippen molar-refractivity contribution in [2.75, 3.05) is 6.61 Å². The predicted octanol–water partition coefficient (Wildman–Crippen LogP) is 1.02. The molecule has 0 radical (unpaired) electrons. The molecule has 2 rings (SSSR count). The van der Waals surface area contributed by atoms with Crippen LogP contribution >= 0.6 is 11.6 Å². The molecule has 0 spiro atoms. The Hall–Kier alpha value is -1.19. The van der Waals surface area contributed by atoms with Crippen LogP contribution in [0.3, 0.4) is 0 Å². The predicted molar refractivity (Wildman–Crippen MR) is 77.9 cm³/mol. The van der Waals surface area contributed by atoms with Crippen molar-refractivity contribution in [2.24, 2.45) is 0 Å². The average Bonchev–Trinajstić information content (AvgIpc) is 2.88. The number of imidazole rings is 1. The summed E-state index contributed by atoms with van der Waals surface area (Å²) in [5.41, 5.74) is 2.13. The Labute approximate surface area is 131 Å². The molecule has 5 heteroatoms. The van der Waals surface area contributed by atoms with Gasteiger partial charge in [-0.2, -0.15) is 0 Å². The lowest BCUT2D eigenvalue weighted by Gasteiger charge is -2.10. The Morgan fingerprint density at radius 3 is 2.50 bits per heavy atom. The number of ether oxygens (including phenoxy) is 1. The highest BCUT2D eigenvalue weighted by molar-refractivity contribution is 6.32. The zero-order valence-electron chi connectivity index (χ0n) is 11.8. The van der Waals surface area contributed by atoms with Gasteiger partial charge in [0, 0.05) is 24.0 Å². The van der Waals surface area contributed by atoms with E-state index in [4.69, 9.17) is 16.3 Å². The molecular formula is C15H19Cl2N2O-. The molecule has 1 aromatic carbocycles. The quantitative estimate of drug-likeness (QED) is 0.745. The molecule has 0 aliphatic carbocycles. The van der Waals surface area contributed by atoms with Crippen molar-refractivity contribution in [3.8, 4) is 5.75 Å². The molecule has 0 aliphatic rings. The Morgan fingerprint density at radius 2 is 1.90 bits per heavy atom. The van der Waals surface area contributed by atoms with E-state index in [9.17, 15) is 0 Å². The highest BCUT2D eigenvalue weighted by atomic mass is 35.5. The van der Waals surface area contributed by atoms with Crippen LogP contribution in [0.25, 0.3) is 0 Å². The van der Waals surface area contributed by atoms with Gasteiger partial charge in [0.05, 0.1) is 12.9 Å². The summed E-state index contributed by atoms with van der Waals surface area (Å²) in [5.74, 6) is 0.905. The lowest BCUT2D eigenvalue weighted by Crippen LogP contribution is -3.00. The van der Waals surface area contributed by atoms with Gasteiger partial charge < -0.3 is 21.7 Å². The van der Waals surface area contributed by atoms with Crippen LogP contribution in [0.5, 0.6) is 5.75 Å². The summed E-state index contributed by atoms with van der Waals surface area (Å²) in [6, 6.07) is 3.98. The molecule has 0 unspecified atom stereocenters. The van der Waals surface area contributed by atoms with Gasteiger partial charge in [0.1, 0.15) is 5.75 Å². The van der Waals surface area contributed by atoms with Gasteiger partial charge in [-0.3, -0.25) is 0 Å². The molecule has 0 saturated carbocycles. The van der Waals surface area contributed by atoms with Gasteiger partial charge in [0.2, 0.25) is 0 Å². The largest absolute Gasteiger partial charge is 1.00 e. The second-order valence-corrected chi connectivity index (χ2v) is 5.11. The SMILES string of the molecule is Cc1cc(OCCCCn2ccnc2)cc(C)c1Cl.[Cl-]. The van der Waals surface area contributed by atoms with E-state index in [1.54, 1.807) is 6.20 Å². The second-order valence-electron chi connectivity index (χ2n) is 4.73. The number of halogens is 2. The van der Waals surface area contributed by atoms with Crippen molar-refractivity contribution < 1.29 is 17.1 Å². The summed E-state index contributed by atoms with van der Waals surface area (Å²) in [6.45, 7) is 5.72. The van der Waals surface area contributed by atoms with E-state index in [0.29, 0.717) is 0 Å². The van der Waals surface area contributed by atoms with E-state index < -0.39 is 0 Å². The summed E-state index contributed by atoms with van der Waals surface area (Å²) in [5, 5.41) is 0.826. The third-order valence-corrected chi connectivity index (χ3v) is 3.64. The van der Waals surface area contributed by atoms with Crippen molar-refractivity contribution in [3.05, 3.63) is 47.0 Å². The van der Waals surface area contributed by atoms with E-state index in [0.717, 1.165) is 47.9 Å². The maximum absolute atomic E-state index is 6.13. The first-order valence-corrected chi connectivity index (χ1v) is 6.90. The topological polar surface area (TPSA) is 27.1 Å². The molecule has 1 aromatic heterocycles. The highest BCUT2D eigenvalue weighted by Crippen LogP contribution is 2.25. The number of hydrogen-bond acceptors (Lipinski definition) is 2. The molecule has 110 valence electrons. The van der Waals surface area contributed by atoms with Crippen molar-refractivity contribution in [3.63, 3.8) is 0 Å². The van der Waals surface area contributed by atoms with Crippen LogP contribution in [0.15, 0.2) is 30.9 Å². The van der Waals surface area contributed by atoms with Crippen molar-refractivity contribution >= 4 is 11.6 Å². The number of aromatic nitrogens is 2. The van der Waals surface area contributed by atoms with Gasteiger partial charge in [-0.25, -0.2) is 4.98 Å². The van der Waals surface area contributed by atoms with Crippen molar-refractivity contribution in [1.82, 2.24) is 9.55 Å². The number of nitrogens with zero attached hydrogens (tertiary/aromatic N) is 2. The van der Waals surface area contributed by atoms with Gasteiger partial charge in [-0.05, 0) is 49.9 Å². The Morgan fingerprint density at radius 1 is 1.20 bits per heavy atom. The van der Waals surface area contributed by atoms with Crippen LogP contribution in [0, 0.1) is 13.8 Å². The molecule has 1 heterocycles. The number of benzene rings is 1. The summed E-state index contributed by atoms with van der Waals surface area (Å²) in [7, 11) is 0. The van der Waals surface area contributed by atoms with Crippen LogP contribution in [0.4, 0.5) is 0 Å². The van der Waals surface area contributed by atoms with Gasteiger partial charge in [-0.15, -0.1) is 0 Å². The third-order valence-electron chi connectivity index (χ3n) is 3.05. The molecule has 3 nitrogen and oxygen atoms in total. The first kappa shape index (κ1) is 16.9. The van der Waals surface area contributed by atoms with Gasteiger partial charge in [-0.1, -0.05) is 11.6 Å². The van der Waals surface area contributed by atoms with Gasteiger partial charge in [0.15, 0.2) is 0 Å². The molecule has 0 bridgehead atoms.